The maximum absolute atomic E-state index is 13.0. The number of fused-ring (bicyclic) bond motifs is 1. The van der Waals surface area contributed by atoms with Crippen molar-refractivity contribution in [1.29, 1.82) is 0 Å². The van der Waals surface area contributed by atoms with E-state index in [0.29, 0.717) is 46.9 Å². The van der Waals surface area contributed by atoms with Crippen LogP contribution >= 0.6 is 11.8 Å². The number of aromatic nitrogens is 2. The van der Waals surface area contributed by atoms with Crippen molar-refractivity contribution in [2.75, 3.05) is 24.7 Å². The standard InChI is InChI=1S/C22H25N3O5S2/c1-15(20(26)16-9-11-17(12-10-16)24-32(3,28)29)31-22-23-19-8-5-4-7-18(19)21(27)25(22)13-6-14-30-2/h4-5,7-12,15,24H,6,13-14H2,1-3H3. The molecule has 32 heavy (non-hydrogen) atoms. The number of sulfonamides is 1. The van der Waals surface area contributed by atoms with Gasteiger partial charge >= 0.3 is 0 Å². The molecule has 8 nitrogen and oxygen atoms in total. The Morgan fingerprint density at radius 3 is 2.53 bits per heavy atom. The first-order chi connectivity index (χ1) is 15.2. The fraction of sp³-hybridized carbons (Fsp3) is 0.318. The molecule has 3 aromatic rings. The van der Waals surface area contributed by atoms with Crippen LogP contribution in [0.1, 0.15) is 23.7 Å². The van der Waals surface area contributed by atoms with Gasteiger partial charge in [-0.1, -0.05) is 23.9 Å². The average molecular weight is 476 g/mol. The Labute approximate surface area is 191 Å². The lowest BCUT2D eigenvalue weighted by Crippen LogP contribution is -2.25. The summed E-state index contributed by atoms with van der Waals surface area (Å²) in [5, 5.41) is 0.494. The van der Waals surface area contributed by atoms with E-state index in [1.807, 2.05) is 6.07 Å². The third-order valence-electron chi connectivity index (χ3n) is 4.68. The molecule has 0 aliphatic carbocycles. The van der Waals surface area contributed by atoms with E-state index >= 15 is 0 Å². The molecule has 1 unspecified atom stereocenters. The zero-order chi connectivity index (χ0) is 23.3. The number of carbonyl (C=O) groups is 1. The van der Waals surface area contributed by atoms with Crippen molar-refractivity contribution in [2.45, 2.75) is 30.3 Å². The molecule has 0 radical (unpaired) electrons. The van der Waals surface area contributed by atoms with Gasteiger partial charge in [0, 0.05) is 31.5 Å². The Kier molecular flexibility index (Phi) is 7.70. The number of hydrogen-bond acceptors (Lipinski definition) is 7. The molecule has 2 aromatic carbocycles. The molecule has 10 heteroatoms. The van der Waals surface area contributed by atoms with Crippen molar-refractivity contribution in [3.8, 4) is 0 Å². The lowest BCUT2D eigenvalue weighted by molar-refractivity contribution is 0.0994. The summed E-state index contributed by atoms with van der Waals surface area (Å²) in [6.07, 6.45) is 1.70. The summed E-state index contributed by atoms with van der Waals surface area (Å²) in [6.45, 7) is 2.70. The number of ether oxygens (including phenoxy) is 1. The van der Waals surface area contributed by atoms with Crippen LogP contribution in [0, 0.1) is 0 Å². The van der Waals surface area contributed by atoms with Crippen molar-refractivity contribution < 1.29 is 17.9 Å². The molecule has 0 spiro atoms. The molecular formula is C22H25N3O5S2. The number of thioether (sulfide) groups is 1. The molecule has 1 aromatic heterocycles. The first kappa shape index (κ1) is 24.0. The number of rotatable bonds is 10. The lowest BCUT2D eigenvalue weighted by Gasteiger charge is -2.16. The normalized spacial score (nSPS) is 12.6. The highest BCUT2D eigenvalue weighted by atomic mass is 32.2. The van der Waals surface area contributed by atoms with Gasteiger partial charge in [-0.3, -0.25) is 18.9 Å². The van der Waals surface area contributed by atoms with Gasteiger partial charge < -0.3 is 4.74 Å². The zero-order valence-corrected chi connectivity index (χ0v) is 19.7. The number of benzene rings is 2. The number of Topliss-reactive ketones (excluding diaryl/α,β-unsaturated/α-hetero) is 1. The highest BCUT2D eigenvalue weighted by Crippen LogP contribution is 2.26. The van der Waals surface area contributed by atoms with Crippen molar-refractivity contribution in [2.24, 2.45) is 0 Å². The SMILES string of the molecule is COCCCn1c(SC(C)C(=O)c2ccc(NS(C)(=O)=O)cc2)nc2ccccc2c1=O. The van der Waals surface area contributed by atoms with Crippen LogP contribution in [0.4, 0.5) is 5.69 Å². The molecular weight excluding hydrogens is 450 g/mol. The molecule has 0 bridgehead atoms. The summed E-state index contributed by atoms with van der Waals surface area (Å²) in [5.74, 6) is -0.147. The quantitative estimate of drug-likeness (QED) is 0.208. The van der Waals surface area contributed by atoms with E-state index < -0.39 is 15.3 Å². The van der Waals surface area contributed by atoms with Crippen molar-refractivity contribution in [1.82, 2.24) is 9.55 Å². The summed E-state index contributed by atoms with van der Waals surface area (Å²) >= 11 is 1.22. The van der Waals surface area contributed by atoms with Crippen LogP contribution in [-0.4, -0.2) is 49.0 Å². The predicted octanol–water partition coefficient (Wildman–Crippen LogP) is 3.17. The highest BCUT2D eigenvalue weighted by molar-refractivity contribution is 8.00. The molecule has 1 heterocycles. The van der Waals surface area contributed by atoms with E-state index in [4.69, 9.17) is 4.74 Å². The number of ketones is 1. The van der Waals surface area contributed by atoms with Crippen LogP contribution in [-0.2, 0) is 21.3 Å². The molecule has 1 atom stereocenters. The van der Waals surface area contributed by atoms with Gasteiger partial charge in [-0.2, -0.15) is 0 Å². The molecule has 170 valence electrons. The number of anilines is 1. The zero-order valence-electron chi connectivity index (χ0n) is 18.1. The molecule has 0 amide bonds. The van der Waals surface area contributed by atoms with Crippen LogP contribution in [0.3, 0.4) is 0 Å². The number of nitrogens with one attached hydrogen (secondary N) is 1. The summed E-state index contributed by atoms with van der Waals surface area (Å²) in [5.41, 5.74) is 1.26. The fourth-order valence-electron chi connectivity index (χ4n) is 3.16. The lowest BCUT2D eigenvalue weighted by atomic mass is 10.1. The van der Waals surface area contributed by atoms with E-state index in [9.17, 15) is 18.0 Å². The van der Waals surface area contributed by atoms with E-state index in [0.717, 1.165) is 6.26 Å². The minimum absolute atomic E-state index is 0.147. The second-order valence-corrected chi connectivity index (χ2v) is 10.3. The smallest absolute Gasteiger partial charge is 0.262 e. The van der Waals surface area contributed by atoms with Crippen molar-refractivity contribution in [3.05, 3.63) is 64.4 Å². The number of nitrogens with zero attached hydrogens (tertiary/aromatic N) is 2. The molecule has 1 N–H and O–H groups in total. The largest absolute Gasteiger partial charge is 0.385 e. The summed E-state index contributed by atoms with van der Waals surface area (Å²) in [6, 6.07) is 13.4. The number of para-hydroxylation sites is 1. The van der Waals surface area contributed by atoms with Gasteiger partial charge in [-0.05, 0) is 49.7 Å². The topological polar surface area (TPSA) is 107 Å². The van der Waals surface area contributed by atoms with Crippen LogP contribution in [0.25, 0.3) is 10.9 Å². The summed E-state index contributed by atoms with van der Waals surface area (Å²) < 4.78 is 31.8. The first-order valence-electron chi connectivity index (χ1n) is 9.97. The molecule has 0 saturated carbocycles. The minimum atomic E-state index is -3.39. The monoisotopic (exact) mass is 475 g/mol. The Morgan fingerprint density at radius 2 is 1.88 bits per heavy atom. The second-order valence-electron chi connectivity index (χ2n) is 7.29. The number of methoxy groups -OCH3 is 1. The summed E-state index contributed by atoms with van der Waals surface area (Å²) in [4.78, 5) is 30.7. The van der Waals surface area contributed by atoms with Crippen LogP contribution < -0.4 is 10.3 Å². The first-order valence-corrected chi connectivity index (χ1v) is 12.7. The van der Waals surface area contributed by atoms with E-state index in [1.165, 1.54) is 11.8 Å². The van der Waals surface area contributed by atoms with Gasteiger partial charge in [0.2, 0.25) is 10.0 Å². The third-order valence-corrected chi connectivity index (χ3v) is 6.38. The molecule has 3 rings (SSSR count). The van der Waals surface area contributed by atoms with E-state index in [2.05, 4.69) is 9.71 Å². The van der Waals surface area contributed by atoms with E-state index in [1.54, 1.807) is 61.1 Å². The minimum Gasteiger partial charge on any atom is -0.385 e. The van der Waals surface area contributed by atoms with Crippen molar-refractivity contribution >= 4 is 44.2 Å². The molecule has 0 fully saturated rings. The Bertz CT molecular complexity index is 1270. The average Bonchev–Trinajstić information content (AvgIpc) is 2.75. The number of carbonyl (C=O) groups excluding carboxylic acids is 1. The van der Waals surface area contributed by atoms with Crippen LogP contribution in [0.2, 0.25) is 0 Å². The Morgan fingerprint density at radius 1 is 1.19 bits per heavy atom. The van der Waals surface area contributed by atoms with E-state index in [-0.39, 0.29) is 11.3 Å². The van der Waals surface area contributed by atoms with Gasteiger partial charge in [0.05, 0.1) is 22.4 Å². The summed E-state index contributed by atoms with van der Waals surface area (Å²) in [7, 11) is -1.79. The van der Waals surface area contributed by atoms with Gasteiger partial charge in [0.25, 0.3) is 5.56 Å². The van der Waals surface area contributed by atoms with Crippen molar-refractivity contribution in [3.63, 3.8) is 0 Å². The van der Waals surface area contributed by atoms with Gasteiger partial charge in [-0.25, -0.2) is 13.4 Å². The molecule has 0 aliphatic heterocycles. The highest BCUT2D eigenvalue weighted by Gasteiger charge is 2.21. The maximum atomic E-state index is 13.0. The second kappa shape index (κ2) is 10.3. The van der Waals surface area contributed by atoms with Crippen LogP contribution in [0.5, 0.6) is 0 Å². The molecule has 0 saturated heterocycles. The fourth-order valence-corrected chi connectivity index (χ4v) is 4.74. The Balaban J connectivity index is 1.86. The Hall–Kier alpha value is -2.69. The van der Waals surface area contributed by atoms with Gasteiger partial charge in [-0.15, -0.1) is 0 Å². The molecule has 0 aliphatic rings. The van der Waals surface area contributed by atoms with Crippen LogP contribution in [0.15, 0.2) is 58.5 Å². The maximum Gasteiger partial charge on any atom is 0.262 e. The van der Waals surface area contributed by atoms with Gasteiger partial charge in [0.15, 0.2) is 10.9 Å². The predicted molar refractivity (Wildman–Crippen MR) is 127 cm³/mol. The number of hydrogen-bond donors (Lipinski definition) is 1. The third kappa shape index (κ3) is 5.96. The van der Waals surface area contributed by atoms with Gasteiger partial charge in [0.1, 0.15) is 0 Å².